The Morgan fingerprint density at radius 1 is 1.09 bits per heavy atom. The monoisotopic (exact) mass is 447 g/mol. The van der Waals surface area contributed by atoms with Crippen LogP contribution in [0.3, 0.4) is 0 Å². The number of hydrogen-bond donors (Lipinski definition) is 1. The van der Waals surface area contributed by atoms with Gasteiger partial charge in [0.2, 0.25) is 5.95 Å². The highest BCUT2D eigenvalue weighted by molar-refractivity contribution is 5.89. The molecule has 9 heteroatoms. The van der Waals surface area contributed by atoms with Gasteiger partial charge >= 0.3 is 12.2 Å². The van der Waals surface area contributed by atoms with E-state index < -0.39 is 11.7 Å². The predicted octanol–water partition coefficient (Wildman–Crippen LogP) is 5.03. The standard InChI is InChI=1S/C23H28F3N5O/c1-15-12-16(2)28-21(27-15)30-10-8-20(9-11-30)31(14-17-6-7-17)22(32)29-19-5-3-4-18(13-19)23(24,25)26/h3-5,12-13,17,20H,6-11,14H2,1-2H3,(H,29,32). The summed E-state index contributed by atoms with van der Waals surface area (Å²) in [5, 5.41) is 2.69. The van der Waals surface area contributed by atoms with Crippen molar-refractivity contribution in [3.05, 3.63) is 47.3 Å². The maximum Gasteiger partial charge on any atom is 0.416 e. The van der Waals surface area contributed by atoms with Crippen LogP contribution in [0.2, 0.25) is 0 Å². The minimum absolute atomic E-state index is 0.0311. The highest BCUT2D eigenvalue weighted by atomic mass is 19.4. The second-order valence-electron chi connectivity index (χ2n) is 8.77. The van der Waals surface area contributed by atoms with Crippen LogP contribution in [0.25, 0.3) is 0 Å². The molecule has 2 heterocycles. The zero-order valence-corrected chi connectivity index (χ0v) is 18.3. The number of carbonyl (C=O) groups is 1. The van der Waals surface area contributed by atoms with Crippen molar-refractivity contribution >= 4 is 17.7 Å². The Labute approximate surface area is 185 Å². The van der Waals surface area contributed by atoms with E-state index in [0.29, 0.717) is 18.4 Å². The van der Waals surface area contributed by atoms with E-state index in [9.17, 15) is 18.0 Å². The fourth-order valence-corrected chi connectivity index (χ4v) is 4.17. The number of rotatable bonds is 5. The molecule has 32 heavy (non-hydrogen) atoms. The molecule has 6 nitrogen and oxygen atoms in total. The van der Waals surface area contributed by atoms with Gasteiger partial charge in [0, 0.05) is 42.8 Å². The minimum Gasteiger partial charge on any atom is -0.341 e. The van der Waals surface area contributed by atoms with Gasteiger partial charge in [-0.1, -0.05) is 6.07 Å². The third kappa shape index (κ3) is 5.49. The smallest absolute Gasteiger partial charge is 0.341 e. The van der Waals surface area contributed by atoms with Crippen LogP contribution in [0.15, 0.2) is 30.3 Å². The van der Waals surface area contributed by atoms with Gasteiger partial charge < -0.3 is 15.1 Å². The van der Waals surface area contributed by atoms with E-state index in [4.69, 9.17) is 0 Å². The van der Waals surface area contributed by atoms with Gasteiger partial charge in [-0.2, -0.15) is 13.2 Å². The molecule has 0 radical (unpaired) electrons. The van der Waals surface area contributed by atoms with Crippen LogP contribution >= 0.6 is 0 Å². The van der Waals surface area contributed by atoms with Crippen molar-refractivity contribution in [1.29, 1.82) is 0 Å². The van der Waals surface area contributed by atoms with E-state index in [1.54, 1.807) is 0 Å². The topological polar surface area (TPSA) is 61.4 Å². The summed E-state index contributed by atoms with van der Waals surface area (Å²) in [5.41, 5.74) is 1.23. The van der Waals surface area contributed by atoms with Gasteiger partial charge in [-0.3, -0.25) is 0 Å². The Morgan fingerprint density at radius 3 is 2.34 bits per heavy atom. The van der Waals surface area contributed by atoms with Crippen LogP contribution in [-0.4, -0.2) is 46.6 Å². The van der Waals surface area contributed by atoms with Crippen LogP contribution in [0.4, 0.5) is 29.6 Å². The lowest BCUT2D eigenvalue weighted by Crippen LogP contribution is -2.50. The summed E-state index contributed by atoms with van der Waals surface area (Å²) in [6.07, 6.45) is -0.749. The number of amides is 2. The lowest BCUT2D eigenvalue weighted by atomic mass is 10.0. The third-order valence-electron chi connectivity index (χ3n) is 6.01. The third-order valence-corrected chi connectivity index (χ3v) is 6.01. The molecule has 1 saturated carbocycles. The first-order valence-electron chi connectivity index (χ1n) is 11.0. The van der Waals surface area contributed by atoms with Gasteiger partial charge in [-0.05, 0) is 69.7 Å². The minimum atomic E-state index is -4.45. The first-order valence-corrected chi connectivity index (χ1v) is 11.0. The van der Waals surface area contributed by atoms with Crippen molar-refractivity contribution in [2.75, 3.05) is 29.9 Å². The fraction of sp³-hybridized carbons (Fsp3) is 0.522. The van der Waals surface area contributed by atoms with Crippen LogP contribution in [0.5, 0.6) is 0 Å². The normalized spacial score (nSPS) is 17.3. The summed E-state index contributed by atoms with van der Waals surface area (Å²) >= 11 is 0. The predicted molar refractivity (Wildman–Crippen MR) is 117 cm³/mol. The Hall–Kier alpha value is -2.84. The zero-order valence-electron chi connectivity index (χ0n) is 18.3. The van der Waals surface area contributed by atoms with E-state index in [1.807, 2.05) is 24.8 Å². The number of piperidine rings is 1. The van der Waals surface area contributed by atoms with Gasteiger partial charge in [-0.15, -0.1) is 0 Å². The van der Waals surface area contributed by atoms with Crippen molar-refractivity contribution in [3.63, 3.8) is 0 Å². The molecule has 0 unspecified atom stereocenters. The van der Waals surface area contributed by atoms with E-state index in [-0.39, 0.29) is 17.8 Å². The molecule has 0 atom stereocenters. The van der Waals surface area contributed by atoms with Crippen molar-refractivity contribution < 1.29 is 18.0 Å². The summed E-state index contributed by atoms with van der Waals surface area (Å²) in [6, 6.07) is 6.41. The summed E-state index contributed by atoms with van der Waals surface area (Å²) in [7, 11) is 0. The molecular weight excluding hydrogens is 419 g/mol. The number of benzene rings is 1. The average molecular weight is 448 g/mol. The van der Waals surface area contributed by atoms with E-state index >= 15 is 0 Å². The quantitative estimate of drug-likeness (QED) is 0.699. The molecular formula is C23H28F3N5O. The van der Waals surface area contributed by atoms with Crippen molar-refractivity contribution in [1.82, 2.24) is 14.9 Å². The Morgan fingerprint density at radius 2 is 1.75 bits per heavy atom. The van der Waals surface area contributed by atoms with E-state index in [0.717, 1.165) is 62.3 Å². The number of nitrogens with one attached hydrogen (secondary N) is 1. The summed E-state index contributed by atoms with van der Waals surface area (Å²) in [6.45, 7) is 5.98. The molecule has 1 aromatic carbocycles. The van der Waals surface area contributed by atoms with E-state index in [2.05, 4.69) is 20.2 Å². The number of halogens is 3. The van der Waals surface area contributed by atoms with Crippen LogP contribution in [0.1, 0.15) is 42.6 Å². The van der Waals surface area contributed by atoms with E-state index in [1.165, 1.54) is 12.1 Å². The van der Waals surface area contributed by atoms with Gasteiger partial charge in [0.15, 0.2) is 0 Å². The van der Waals surface area contributed by atoms with Crippen molar-refractivity contribution in [2.24, 2.45) is 5.92 Å². The maximum atomic E-state index is 13.1. The SMILES string of the molecule is Cc1cc(C)nc(N2CCC(N(CC3CC3)C(=O)Nc3cccc(C(F)(F)F)c3)CC2)n1. The summed E-state index contributed by atoms with van der Waals surface area (Å²) in [4.78, 5) is 26.1. The zero-order chi connectivity index (χ0) is 22.9. The molecule has 1 aliphatic heterocycles. The maximum absolute atomic E-state index is 13.1. The molecule has 2 aliphatic rings. The van der Waals surface area contributed by atoms with Crippen LogP contribution in [-0.2, 0) is 6.18 Å². The first kappa shape index (κ1) is 22.4. The number of urea groups is 1. The molecule has 4 rings (SSSR count). The highest BCUT2D eigenvalue weighted by Gasteiger charge is 2.34. The fourth-order valence-electron chi connectivity index (χ4n) is 4.17. The molecule has 1 N–H and O–H groups in total. The van der Waals surface area contributed by atoms with Gasteiger partial charge in [0.05, 0.1) is 5.56 Å². The van der Waals surface area contributed by atoms with Crippen LogP contribution < -0.4 is 10.2 Å². The Bertz CT molecular complexity index is 948. The average Bonchev–Trinajstić information content (AvgIpc) is 3.55. The number of anilines is 2. The molecule has 1 saturated heterocycles. The van der Waals surface area contributed by atoms with Gasteiger partial charge in [0.25, 0.3) is 0 Å². The lowest BCUT2D eigenvalue weighted by molar-refractivity contribution is -0.137. The highest BCUT2D eigenvalue weighted by Crippen LogP contribution is 2.33. The van der Waals surface area contributed by atoms with Gasteiger partial charge in [-0.25, -0.2) is 14.8 Å². The molecule has 0 spiro atoms. The number of aryl methyl sites for hydroxylation is 2. The summed E-state index contributed by atoms with van der Waals surface area (Å²) in [5.74, 6) is 1.19. The number of alkyl halides is 3. The number of nitrogens with zero attached hydrogens (tertiary/aromatic N) is 4. The number of aromatic nitrogens is 2. The second-order valence-corrected chi connectivity index (χ2v) is 8.77. The Kier molecular flexibility index (Phi) is 6.26. The lowest BCUT2D eigenvalue weighted by Gasteiger charge is -2.38. The molecule has 172 valence electrons. The molecule has 1 aliphatic carbocycles. The Balaban J connectivity index is 1.43. The number of carbonyl (C=O) groups excluding carboxylic acids is 1. The molecule has 1 aromatic heterocycles. The molecule has 0 bridgehead atoms. The second kappa shape index (κ2) is 8.96. The first-order chi connectivity index (χ1) is 15.2. The van der Waals surface area contributed by atoms with Crippen LogP contribution in [0, 0.1) is 19.8 Å². The molecule has 2 amide bonds. The van der Waals surface area contributed by atoms with Crippen molar-refractivity contribution in [3.8, 4) is 0 Å². The summed E-state index contributed by atoms with van der Waals surface area (Å²) < 4.78 is 39.1. The van der Waals surface area contributed by atoms with Crippen molar-refractivity contribution in [2.45, 2.75) is 51.7 Å². The van der Waals surface area contributed by atoms with Gasteiger partial charge in [0.1, 0.15) is 0 Å². The number of hydrogen-bond acceptors (Lipinski definition) is 4. The molecule has 2 fully saturated rings. The molecule has 2 aromatic rings. The largest absolute Gasteiger partial charge is 0.416 e.